The molecule has 0 atom stereocenters. The largest absolute Gasteiger partial charge is 0.437 e. The molecule has 0 aliphatic heterocycles. The summed E-state index contributed by atoms with van der Waals surface area (Å²) in [6.45, 7) is 0.131. The van der Waals surface area contributed by atoms with Crippen LogP contribution in [-0.4, -0.2) is 27.6 Å². The molecule has 0 radical (unpaired) electrons. The van der Waals surface area contributed by atoms with Gasteiger partial charge in [-0.25, -0.2) is 4.79 Å². The number of carbonyl (C=O) groups is 1. The number of hydrogen-bond donors (Lipinski definition) is 0. The smallest absolute Gasteiger partial charge is 0.387 e. The minimum absolute atomic E-state index is 0.203. The first-order valence-electron chi connectivity index (χ1n) is 7.24. The number of carbonyl (C=O) groups excluding carboxylic acids is 1. The maximum absolute atomic E-state index is 12.3. The molecule has 0 unspecified atom stereocenters. The Bertz CT molecular complexity index is 950. The van der Waals surface area contributed by atoms with E-state index in [2.05, 4.69) is 5.10 Å². The second-order valence-corrected chi connectivity index (χ2v) is 7.07. The zero-order valence-electron chi connectivity index (χ0n) is 13.1. The Morgan fingerprint density at radius 3 is 2.80 bits per heavy atom. The van der Waals surface area contributed by atoms with Crippen LogP contribution in [-0.2, 0) is 17.9 Å². The van der Waals surface area contributed by atoms with Crippen LogP contribution < -0.4 is 5.76 Å². The third-order valence-corrected chi connectivity index (χ3v) is 5.05. The van der Waals surface area contributed by atoms with Crippen molar-refractivity contribution in [1.82, 2.24) is 14.7 Å². The Balaban J connectivity index is 1.69. The molecular weight excluding hydrogens is 385 g/mol. The molecule has 2 aromatic heterocycles. The highest BCUT2D eigenvalue weighted by Gasteiger charge is 2.16. The highest BCUT2D eigenvalue weighted by atomic mass is 35.5. The molecule has 1 aromatic carbocycles. The molecule has 3 aromatic rings. The molecule has 3 rings (SSSR count). The van der Waals surface area contributed by atoms with Crippen molar-refractivity contribution in [2.45, 2.75) is 13.1 Å². The van der Waals surface area contributed by atoms with Gasteiger partial charge in [0.05, 0.1) is 14.9 Å². The van der Waals surface area contributed by atoms with Crippen LogP contribution in [0.25, 0.3) is 10.8 Å². The minimum atomic E-state index is -0.667. The lowest BCUT2D eigenvalue weighted by Crippen LogP contribution is -2.33. The molecule has 0 aliphatic carbocycles. The fraction of sp³-hybridized carbons (Fsp3) is 0.188. The Kier molecular flexibility index (Phi) is 5.27. The van der Waals surface area contributed by atoms with Gasteiger partial charge in [-0.15, -0.1) is 16.4 Å². The standard InChI is InChI=1S/C16H13Cl2N3O3S/c1-20(8-10-4-5-11(17)12(18)7-10)14(22)9-21-16(23)24-15(19-21)13-3-2-6-25-13/h2-7H,8-9H2,1H3. The lowest BCUT2D eigenvalue weighted by Gasteiger charge is -2.17. The van der Waals surface area contributed by atoms with Crippen LogP contribution in [0.4, 0.5) is 0 Å². The number of amides is 1. The van der Waals surface area contributed by atoms with Crippen LogP contribution >= 0.6 is 34.5 Å². The Labute approximate surface area is 157 Å². The summed E-state index contributed by atoms with van der Waals surface area (Å²) in [5.74, 6) is -0.737. The maximum atomic E-state index is 12.3. The minimum Gasteiger partial charge on any atom is -0.387 e. The quantitative estimate of drug-likeness (QED) is 0.660. The first kappa shape index (κ1) is 17.7. The predicted octanol–water partition coefficient (Wildman–Crippen LogP) is 3.53. The molecule has 0 saturated carbocycles. The maximum Gasteiger partial charge on any atom is 0.437 e. The van der Waals surface area contributed by atoms with E-state index >= 15 is 0 Å². The van der Waals surface area contributed by atoms with E-state index in [4.69, 9.17) is 27.6 Å². The van der Waals surface area contributed by atoms with E-state index in [-0.39, 0.29) is 18.3 Å². The highest BCUT2D eigenvalue weighted by Crippen LogP contribution is 2.23. The summed E-state index contributed by atoms with van der Waals surface area (Å²) in [5, 5.41) is 6.80. The van der Waals surface area contributed by atoms with Crippen molar-refractivity contribution in [3.05, 3.63) is 61.9 Å². The Morgan fingerprint density at radius 1 is 1.32 bits per heavy atom. The average Bonchev–Trinajstić information content (AvgIpc) is 3.21. The molecule has 6 nitrogen and oxygen atoms in total. The monoisotopic (exact) mass is 397 g/mol. The summed E-state index contributed by atoms with van der Waals surface area (Å²) in [6.07, 6.45) is 0. The van der Waals surface area contributed by atoms with Gasteiger partial charge in [-0.3, -0.25) is 4.79 Å². The van der Waals surface area contributed by atoms with Crippen molar-refractivity contribution < 1.29 is 9.21 Å². The van der Waals surface area contributed by atoms with Crippen molar-refractivity contribution in [2.24, 2.45) is 0 Å². The van der Waals surface area contributed by atoms with Gasteiger partial charge in [0.2, 0.25) is 5.91 Å². The summed E-state index contributed by atoms with van der Waals surface area (Å²) in [4.78, 5) is 26.4. The van der Waals surface area contributed by atoms with E-state index in [0.717, 1.165) is 15.1 Å². The number of rotatable bonds is 5. The van der Waals surface area contributed by atoms with Gasteiger partial charge < -0.3 is 9.32 Å². The number of nitrogens with zero attached hydrogens (tertiary/aromatic N) is 3. The van der Waals surface area contributed by atoms with E-state index in [9.17, 15) is 9.59 Å². The molecule has 0 saturated heterocycles. The van der Waals surface area contributed by atoms with Crippen LogP contribution in [0.15, 0.2) is 44.9 Å². The van der Waals surface area contributed by atoms with Crippen LogP contribution in [0.1, 0.15) is 5.56 Å². The van der Waals surface area contributed by atoms with Crippen molar-refractivity contribution in [2.75, 3.05) is 7.05 Å². The van der Waals surface area contributed by atoms with E-state index in [1.807, 2.05) is 11.4 Å². The normalized spacial score (nSPS) is 10.8. The average molecular weight is 398 g/mol. The van der Waals surface area contributed by atoms with Gasteiger partial charge in [0.25, 0.3) is 5.89 Å². The molecule has 130 valence electrons. The molecule has 9 heteroatoms. The van der Waals surface area contributed by atoms with Gasteiger partial charge in [-0.1, -0.05) is 35.3 Å². The van der Waals surface area contributed by atoms with Gasteiger partial charge in [-0.05, 0) is 29.1 Å². The van der Waals surface area contributed by atoms with Crippen LogP contribution in [0.3, 0.4) is 0 Å². The third-order valence-electron chi connectivity index (χ3n) is 3.45. The molecule has 0 bridgehead atoms. The molecule has 1 amide bonds. The summed E-state index contributed by atoms with van der Waals surface area (Å²) >= 11 is 13.3. The van der Waals surface area contributed by atoms with Crippen molar-refractivity contribution >= 4 is 40.4 Å². The fourth-order valence-corrected chi connectivity index (χ4v) is 3.12. The first-order chi connectivity index (χ1) is 11.9. The fourth-order valence-electron chi connectivity index (χ4n) is 2.15. The zero-order chi connectivity index (χ0) is 18.0. The van der Waals surface area contributed by atoms with Crippen molar-refractivity contribution in [1.29, 1.82) is 0 Å². The molecular formula is C16H13Cl2N3O3S. The molecule has 2 heterocycles. The van der Waals surface area contributed by atoms with Gasteiger partial charge in [0, 0.05) is 13.6 Å². The summed E-state index contributed by atoms with van der Waals surface area (Å²) in [6, 6.07) is 8.78. The van der Waals surface area contributed by atoms with Gasteiger partial charge in [-0.2, -0.15) is 4.68 Å². The third kappa shape index (κ3) is 4.12. The number of hydrogen-bond acceptors (Lipinski definition) is 5. The van der Waals surface area contributed by atoms with E-state index in [1.165, 1.54) is 16.2 Å². The second kappa shape index (κ2) is 7.43. The number of aromatic nitrogens is 2. The Morgan fingerprint density at radius 2 is 2.12 bits per heavy atom. The number of likely N-dealkylation sites (N-methyl/N-ethyl adjacent to an activating group) is 1. The molecule has 25 heavy (non-hydrogen) atoms. The van der Waals surface area contributed by atoms with Crippen molar-refractivity contribution in [3.8, 4) is 10.8 Å². The molecule has 0 N–H and O–H groups in total. The number of benzene rings is 1. The van der Waals surface area contributed by atoms with E-state index < -0.39 is 5.76 Å². The molecule has 0 fully saturated rings. The molecule has 0 aliphatic rings. The summed E-state index contributed by atoms with van der Waals surface area (Å²) in [5.41, 5.74) is 0.831. The van der Waals surface area contributed by atoms with Gasteiger partial charge in [0.1, 0.15) is 6.54 Å². The lowest BCUT2D eigenvalue weighted by atomic mass is 10.2. The van der Waals surface area contributed by atoms with Crippen LogP contribution in [0.2, 0.25) is 10.0 Å². The Hall–Kier alpha value is -2.09. The zero-order valence-corrected chi connectivity index (χ0v) is 15.4. The first-order valence-corrected chi connectivity index (χ1v) is 8.87. The van der Waals surface area contributed by atoms with E-state index in [0.29, 0.717) is 16.6 Å². The predicted molar refractivity (Wildman–Crippen MR) is 97.0 cm³/mol. The van der Waals surface area contributed by atoms with Crippen molar-refractivity contribution in [3.63, 3.8) is 0 Å². The number of thiophene rings is 1. The summed E-state index contributed by atoms with van der Waals surface area (Å²) in [7, 11) is 1.64. The summed E-state index contributed by atoms with van der Waals surface area (Å²) < 4.78 is 6.11. The number of halogens is 2. The van der Waals surface area contributed by atoms with Crippen LogP contribution in [0.5, 0.6) is 0 Å². The second-order valence-electron chi connectivity index (χ2n) is 5.31. The topological polar surface area (TPSA) is 68.3 Å². The van der Waals surface area contributed by atoms with Crippen LogP contribution in [0, 0.1) is 0 Å². The highest BCUT2D eigenvalue weighted by molar-refractivity contribution is 7.13. The van der Waals surface area contributed by atoms with E-state index in [1.54, 1.807) is 31.3 Å². The van der Waals surface area contributed by atoms with Gasteiger partial charge >= 0.3 is 5.76 Å². The lowest BCUT2D eigenvalue weighted by molar-refractivity contribution is -0.131. The van der Waals surface area contributed by atoms with Gasteiger partial charge in [0.15, 0.2) is 0 Å². The SMILES string of the molecule is CN(Cc1ccc(Cl)c(Cl)c1)C(=O)Cn1nc(-c2cccs2)oc1=O. The molecule has 0 spiro atoms.